The number of hydrogen-bond acceptors (Lipinski definition) is 6. The SMILES string of the molecule is O=C(Nc1cnn(COc2cccc(Cl)c2)c1)c1nc2ncccn2n1. The molecule has 1 N–H and O–H groups in total. The topological polar surface area (TPSA) is 99.2 Å². The molecule has 3 heterocycles. The molecule has 0 atom stereocenters. The molecule has 0 saturated heterocycles. The summed E-state index contributed by atoms with van der Waals surface area (Å²) in [7, 11) is 0. The summed E-state index contributed by atoms with van der Waals surface area (Å²) in [6, 6.07) is 8.76. The van der Waals surface area contributed by atoms with Gasteiger partial charge in [0.1, 0.15) is 5.75 Å². The van der Waals surface area contributed by atoms with E-state index in [0.29, 0.717) is 22.2 Å². The van der Waals surface area contributed by atoms with Gasteiger partial charge in [0.15, 0.2) is 6.73 Å². The second-order valence-electron chi connectivity index (χ2n) is 5.25. The predicted octanol–water partition coefficient (Wildman–Crippen LogP) is 2.26. The second kappa shape index (κ2) is 6.81. The number of hydrogen-bond donors (Lipinski definition) is 1. The van der Waals surface area contributed by atoms with Crippen LogP contribution in [-0.2, 0) is 6.73 Å². The number of nitrogens with zero attached hydrogens (tertiary/aromatic N) is 6. The Bertz CT molecular complexity index is 1040. The number of aromatic nitrogens is 6. The highest BCUT2D eigenvalue weighted by Gasteiger charge is 2.14. The maximum Gasteiger partial charge on any atom is 0.295 e. The molecule has 4 aromatic rings. The first kappa shape index (κ1) is 16.0. The lowest BCUT2D eigenvalue weighted by atomic mass is 10.3. The van der Waals surface area contributed by atoms with E-state index in [9.17, 15) is 4.79 Å². The van der Waals surface area contributed by atoms with E-state index in [4.69, 9.17) is 16.3 Å². The summed E-state index contributed by atoms with van der Waals surface area (Å²) in [5.41, 5.74) is 0.497. The molecule has 26 heavy (non-hydrogen) atoms. The Labute approximate surface area is 152 Å². The number of rotatable bonds is 5. The van der Waals surface area contributed by atoms with Crippen molar-refractivity contribution in [2.45, 2.75) is 6.73 Å². The first-order chi connectivity index (χ1) is 12.7. The highest BCUT2D eigenvalue weighted by molar-refractivity contribution is 6.30. The van der Waals surface area contributed by atoms with E-state index in [1.54, 1.807) is 48.9 Å². The quantitative estimate of drug-likeness (QED) is 0.579. The molecule has 0 fully saturated rings. The molecule has 0 aliphatic rings. The molecule has 0 aliphatic heterocycles. The van der Waals surface area contributed by atoms with Crippen molar-refractivity contribution in [1.29, 1.82) is 0 Å². The van der Waals surface area contributed by atoms with Gasteiger partial charge in [0, 0.05) is 17.4 Å². The number of nitrogens with one attached hydrogen (secondary N) is 1. The Balaban J connectivity index is 1.40. The highest BCUT2D eigenvalue weighted by atomic mass is 35.5. The summed E-state index contributed by atoms with van der Waals surface area (Å²) in [5, 5.41) is 11.5. The summed E-state index contributed by atoms with van der Waals surface area (Å²) in [5.74, 6) is 0.542. The number of amides is 1. The summed E-state index contributed by atoms with van der Waals surface area (Å²) in [4.78, 5) is 20.3. The zero-order valence-electron chi connectivity index (χ0n) is 13.3. The van der Waals surface area contributed by atoms with E-state index in [-0.39, 0.29) is 12.6 Å². The standard InChI is InChI=1S/C16H12ClN7O2/c17-11-3-1-4-13(7-11)26-10-23-9-12(8-19-23)20-15(25)14-21-16-18-5-2-6-24(16)22-14/h1-9H,10H2,(H,20,25). The van der Waals surface area contributed by atoms with E-state index in [0.717, 1.165) is 0 Å². The molecule has 9 nitrogen and oxygen atoms in total. The number of carbonyl (C=O) groups excluding carboxylic acids is 1. The summed E-state index contributed by atoms with van der Waals surface area (Å²) >= 11 is 5.91. The van der Waals surface area contributed by atoms with E-state index in [1.165, 1.54) is 15.4 Å². The minimum atomic E-state index is -0.453. The molecular weight excluding hydrogens is 358 g/mol. The molecule has 4 rings (SSSR count). The van der Waals surface area contributed by atoms with Crippen molar-refractivity contribution in [2.75, 3.05) is 5.32 Å². The van der Waals surface area contributed by atoms with Crippen molar-refractivity contribution in [3.63, 3.8) is 0 Å². The van der Waals surface area contributed by atoms with Crippen molar-refractivity contribution in [2.24, 2.45) is 0 Å². The van der Waals surface area contributed by atoms with Gasteiger partial charge in [-0.15, -0.1) is 5.10 Å². The van der Waals surface area contributed by atoms with Gasteiger partial charge in [0.25, 0.3) is 11.7 Å². The van der Waals surface area contributed by atoms with Crippen LogP contribution in [-0.4, -0.2) is 35.3 Å². The molecule has 0 saturated carbocycles. The first-order valence-electron chi connectivity index (χ1n) is 7.57. The number of carbonyl (C=O) groups is 1. The van der Waals surface area contributed by atoms with Crippen LogP contribution in [0.15, 0.2) is 55.1 Å². The molecule has 0 spiro atoms. The van der Waals surface area contributed by atoms with Crippen LogP contribution >= 0.6 is 11.6 Å². The average Bonchev–Trinajstić information content (AvgIpc) is 3.26. The van der Waals surface area contributed by atoms with Gasteiger partial charge in [-0.2, -0.15) is 10.1 Å². The third kappa shape index (κ3) is 3.47. The van der Waals surface area contributed by atoms with Gasteiger partial charge >= 0.3 is 0 Å². The largest absolute Gasteiger partial charge is 0.471 e. The van der Waals surface area contributed by atoms with Gasteiger partial charge in [-0.3, -0.25) is 4.79 Å². The van der Waals surface area contributed by atoms with Gasteiger partial charge in [-0.1, -0.05) is 17.7 Å². The third-order valence-corrected chi connectivity index (χ3v) is 3.61. The number of halogens is 1. The minimum absolute atomic E-state index is 0.0200. The Morgan fingerprint density at radius 2 is 2.23 bits per heavy atom. The maximum atomic E-state index is 12.2. The maximum absolute atomic E-state index is 12.2. The van der Waals surface area contributed by atoms with Crippen molar-refractivity contribution in [1.82, 2.24) is 29.4 Å². The van der Waals surface area contributed by atoms with E-state index < -0.39 is 5.91 Å². The van der Waals surface area contributed by atoms with Crippen LogP contribution in [0, 0.1) is 0 Å². The monoisotopic (exact) mass is 369 g/mol. The molecule has 3 aromatic heterocycles. The molecule has 130 valence electrons. The number of fused-ring (bicyclic) bond motifs is 1. The molecule has 0 unspecified atom stereocenters. The zero-order chi connectivity index (χ0) is 17.9. The van der Waals surface area contributed by atoms with Crippen LogP contribution in [0.3, 0.4) is 0 Å². The molecule has 1 aromatic carbocycles. The van der Waals surface area contributed by atoms with Crippen molar-refractivity contribution >= 4 is 29.0 Å². The predicted molar refractivity (Wildman–Crippen MR) is 93.0 cm³/mol. The van der Waals surface area contributed by atoms with Crippen LogP contribution in [0.1, 0.15) is 10.6 Å². The van der Waals surface area contributed by atoms with Gasteiger partial charge < -0.3 is 10.1 Å². The van der Waals surface area contributed by atoms with Crippen molar-refractivity contribution < 1.29 is 9.53 Å². The summed E-state index contributed by atoms with van der Waals surface area (Å²) < 4.78 is 8.55. The third-order valence-electron chi connectivity index (χ3n) is 3.37. The van der Waals surface area contributed by atoms with Crippen LogP contribution < -0.4 is 10.1 Å². The van der Waals surface area contributed by atoms with Gasteiger partial charge in [-0.25, -0.2) is 14.2 Å². The number of anilines is 1. The molecule has 1 amide bonds. The van der Waals surface area contributed by atoms with Crippen LogP contribution in [0.5, 0.6) is 5.75 Å². The van der Waals surface area contributed by atoms with Crippen molar-refractivity contribution in [3.8, 4) is 5.75 Å². The summed E-state index contributed by atoms with van der Waals surface area (Å²) in [6.07, 6.45) is 6.39. The number of ether oxygens (including phenoxy) is 1. The van der Waals surface area contributed by atoms with E-state index in [2.05, 4.69) is 25.5 Å². The van der Waals surface area contributed by atoms with E-state index >= 15 is 0 Å². The molecule has 0 bridgehead atoms. The smallest absolute Gasteiger partial charge is 0.295 e. The first-order valence-corrected chi connectivity index (χ1v) is 7.95. The highest BCUT2D eigenvalue weighted by Crippen LogP contribution is 2.17. The fraction of sp³-hybridized carbons (Fsp3) is 0.0625. The lowest BCUT2D eigenvalue weighted by Gasteiger charge is -2.06. The van der Waals surface area contributed by atoms with Crippen LogP contribution in [0.4, 0.5) is 5.69 Å². The number of benzene rings is 1. The lowest BCUT2D eigenvalue weighted by molar-refractivity contribution is 0.101. The van der Waals surface area contributed by atoms with Crippen LogP contribution in [0.2, 0.25) is 5.02 Å². The fourth-order valence-corrected chi connectivity index (χ4v) is 2.39. The van der Waals surface area contributed by atoms with Crippen molar-refractivity contribution in [3.05, 3.63) is 66.0 Å². The van der Waals surface area contributed by atoms with Crippen LogP contribution in [0.25, 0.3) is 5.78 Å². The average molecular weight is 370 g/mol. The normalized spacial score (nSPS) is 10.8. The lowest BCUT2D eigenvalue weighted by Crippen LogP contribution is -2.13. The fourth-order valence-electron chi connectivity index (χ4n) is 2.21. The zero-order valence-corrected chi connectivity index (χ0v) is 14.0. The Morgan fingerprint density at radius 1 is 1.31 bits per heavy atom. The minimum Gasteiger partial charge on any atom is -0.471 e. The van der Waals surface area contributed by atoms with E-state index in [1.807, 2.05) is 0 Å². The van der Waals surface area contributed by atoms with Gasteiger partial charge in [-0.05, 0) is 24.3 Å². The second-order valence-corrected chi connectivity index (χ2v) is 5.69. The Hall–Kier alpha value is -3.46. The van der Waals surface area contributed by atoms with Gasteiger partial charge in [0.2, 0.25) is 5.82 Å². The summed E-state index contributed by atoms with van der Waals surface area (Å²) in [6.45, 7) is 0.173. The molecule has 10 heteroatoms. The molecular formula is C16H12ClN7O2. The Morgan fingerprint density at radius 3 is 3.08 bits per heavy atom. The molecule has 0 radical (unpaired) electrons. The Kier molecular flexibility index (Phi) is 4.20. The van der Waals surface area contributed by atoms with Gasteiger partial charge in [0.05, 0.1) is 18.1 Å². The molecule has 0 aliphatic carbocycles.